The predicted molar refractivity (Wildman–Crippen MR) is 101 cm³/mol. The van der Waals surface area contributed by atoms with Crippen LogP contribution in [-0.4, -0.2) is 70.7 Å². The van der Waals surface area contributed by atoms with E-state index in [1.165, 1.54) is 57.7 Å². The number of ether oxygens (including phenoxy) is 1. The maximum absolute atomic E-state index is 9.10. The first-order chi connectivity index (χ1) is 12.2. The second kappa shape index (κ2) is 9.33. The molecule has 1 aromatic rings. The van der Waals surface area contributed by atoms with Crippen molar-refractivity contribution in [1.82, 2.24) is 0 Å². The highest BCUT2D eigenvalue weighted by atomic mass is 79.9. The molecular formula is C19H33BrN3O2+3. The Kier molecular flexibility index (Phi) is 7.13. The van der Waals surface area contributed by atoms with Gasteiger partial charge in [-0.05, 0) is 18.2 Å². The molecule has 5 nitrogen and oxygen atoms in total. The van der Waals surface area contributed by atoms with Crippen molar-refractivity contribution in [2.75, 3.05) is 59.5 Å². The molecule has 0 saturated carbocycles. The van der Waals surface area contributed by atoms with Crippen molar-refractivity contribution in [3.8, 4) is 5.75 Å². The molecule has 0 unspecified atom stereocenters. The Morgan fingerprint density at radius 2 is 1.80 bits per heavy atom. The van der Waals surface area contributed by atoms with Gasteiger partial charge in [-0.1, -0.05) is 15.9 Å². The Balaban J connectivity index is 1.47. The molecule has 0 bridgehead atoms. The number of benzene rings is 1. The molecule has 0 atom stereocenters. The number of aliphatic hydroxyl groups excluding tert-OH is 1. The molecule has 2 aliphatic rings. The first-order valence-corrected chi connectivity index (χ1v) is 10.4. The van der Waals surface area contributed by atoms with Crippen LogP contribution in [0.4, 0.5) is 0 Å². The lowest BCUT2D eigenvalue weighted by Gasteiger charge is -2.37. The van der Waals surface area contributed by atoms with Crippen LogP contribution in [0.3, 0.4) is 0 Å². The largest absolute Gasteiger partial charge is 0.496 e. The third kappa shape index (κ3) is 5.17. The van der Waals surface area contributed by atoms with Gasteiger partial charge in [0.05, 0.1) is 32.8 Å². The minimum atomic E-state index is 0.325. The summed E-state index contributed by atoms with van der Waals surface area (Å²) >= 11 is 3.58. The maximum Gasteiger partial charge on any atom is 0.127 e. The molecule has 2 saturated heterocycles. The zero-order chi connectivity index (χ0) is 17.6. The molecule has 0 aliphatic carbocycles. The number of aliphatic hydroxyl groups is 1. The van der Waals surface area contributed by atoms with Crippen LogP contribution in [0, 0.1) is 0 Å². The van der Waals surface area contributed by atoms with E-state index in [1.54, 1.807) is 21.8 Å². The van der Waals surface area contributed by atoms with Crippen molar-refractivity contribution in [2.45, 2.75) is 25.4 Å². The van der Waals surface area contributed by atoms with E-state index in [9.17, 15) is 0 Å². The molecule has 3 rings (SSSR count). The fourth-order valence-corrected chi connectivity index (χ4v) is 4.92. The molecule has 25 heavy (non-hydrogen) atoms. The van der Waals surface area contributed by atoms with Gasteiger partial charge in [0.1, 0.15) is 45.0 Å². The number of piperazine rings is 1. The topological polar surface area (TPSA) is 42.8 Å². The quantitative estimate of drug-likeness (QED) is 0.426. The summed E-state index contributed by atoms with van der Waals surface area (Å²) in [6, 6.07) is 7.14. The number of nitrogens with one attached hydrogen (secondary N) is 3. The van der Waals surface area contributed by atoms with E-state index in [4.69, 9.17) is 9.84 Å². The third-order valence-electron chi connectivity index (χ3n) is 6.02. The van der Waals surface area contributed by atoms with Crippen LogP contribution in [0.25, 0.3) is 0 Å². The molecule has 0 radical (unpaired) electrons. The van der Waals surface area contributed by atoms with E-state index in [-0.39, 0.29) is 0 Å². The highest BCUT2D eigenvalue weighted by Crippen LogP contribution is 2.22. The summed E-state index contributed by atoms with van der Waals surface area (Å²) in [6.45, 7) is 9.81. The van der Waals surface area contributed by atoms with E-state index < -0.39 is 0 Å². The van der Waals surface area contributed by atoms with E-state index in [2.05, 4.69) is 28.1 Å². The molecule has 2 aliphatic heterocycles. The Labute approximate surface area is 159 Å². The Morgan fingerprint density at radius 3 is 2.44 bits per heavy atom. The minimum Gasteiger partial charge on any atom is -0.496 e. The maximum atomic E-state index is 9.10. The number of methoxy groups -OCH3 is 1. The lowest BCUT2D eigenvalue weighted by atomic mass is 10.0. The Morgan fingerprint density at radius 1 is 1.08 bits per heavy atom. The number of rotatable bonds is 6. The summed E-state index contributed by atoms with van der Waals surface area (Å²) < 4.78 is 6.66. The van der Waals surface area contributed by atoms with Crippen molar-refractivity contribution in [1.29, 1.82) is 0 Å². The molecule has 0 aromatic heterocycles. The van der Waals surface area contributed by atoms with Crippen LogP contribution in [0.1, 0.15) is 18.4 Å². The molecule has 0 spiro atoms. The predicted octanol–water partition coefficient (Wildman–Crippen LogP) is -2.22. The Bertz CT molecular complexity index is 541. The van der Waals surface area contributed by atoms with Crippen molar-refractivity contribution in [2.24, 2.45) is 0 Å². The van der Waals surface area contributed by atoms with Gasteiger partial charge in [-0.25, -0.2) is 0 Å². The molecule has 6 heteroatoms. The zero-order valence-electron chi connectivity index (χ0n) is 15.3. The van der Waals surface area contributed by atoms with Crippen molar-refractivity contribution >= 4 is 15.9 Å². The number of likely N-dealkylation sites (tertiary alicyclic amines) is 1. The lowest BCUT2D eigenvalue weighted by molar-refractivity contribution is -1.03. The second-order valence-electron chi connectivity index (χ2n) is 7.54. The first kappa shape index (κ1) is 19.1. The highest BCUT2D eigenvalue weighted by molar-refractivity contribution is 9.10. The van der Waals surface area contributed by atoms with Gasteiger partial charge >= 0.3 is 0 Å². The number of hydrogen-bond acceptors (Lipinski definition) is 2. The SMILES string of the molecule is COc1ccc(Br)cc1C[NH+]1CCC([NH+]2CC[NH+](CCO)CC2)CC1. The van der Waals surface area contributed by atoms with Crippen molar-refractivity contribution < 1.29 is 24.5 Å². The summed E-state index contributed by atoms with van der Waals surface area (Å²) in [5, 5.41) is 9.10. The van der Waals surface area contributed by atoms with Gasteiger partial charge in [-0.3, -0.25) is 0 Å². The zero-order valence-corrected chi connectivity index (χ0v) is 16.9. The average molecular weight is 415 g/mol. The molecule has 1 aromatic carbocycles. The summed E-state index contributed by atoms with van der Waals surface area (Å²) in [7, 11) is 1.76. The van der Waals surface area contributed by atoms with E-state index >= 15 is 0 Å². The van der Waals surface area contributed by atoms with Gasteiger partial charge in [0.15, 0.2) is 0 Å². The molecule has 0 amide bonds. The molecular weight excluding hydrogens is 382 g/mol. The third-order valence-corrected chi connectivity index (χ3v) is 6.51. The second-order valence-corrected chi connectivity index (χ2v) is 8.45. The summed E-state index contributed by atoms with van der Waals surface area (Å²) in [5.41, 5.74) is 1.30. The van der Waals surface area contributed by atoms with Crippen molar-refractivity contribution in [3.63, 3.8) is 0 Å². The van der Waals surface area contributed by atoms with Crippen molar-refractivity contribution in [3.05, 3.63) is 28.2 Å². The normalized spacial score (nSPS) is 30.2. The van der Waals surface area contributed by atoms with E-state index in [1.807, 2.05) is 6.07 Å². The summed E-state index contributed by atoms with van der Waals surface area (Å²) in [5.74, 6) is 1.01. The van der Waals surface area contributed by atoms with Crippen LogP contribution in [0.2, 0.25) is 0 Å². The summed E-state index contributed by atoms with van der Waals surface area (Å²) in [6.07, 6.45) is 2.66. The minimum absolute atomic E-state index is 0.325. The van der Waals surface area contributed by atoms with E-state index in [0.717, 1.165) is 29.4 Å². The number of hydrogen-bond donors (Lipinski definition) is 4. The molecule has 140 valence electrons. The van der Waals surface area contributed by atoms with Gasteiger partial charge in [0, 0.05) is 22.9 Å². The van der Waals surface area contributed by atoms with Gasteiger partial charge in [-0.15, -0.1) is 0 Å². The van der Waals surface area contributed by atoms with Crippen LogP contribution in [0.5, 0.6) is 5.75 Å². The number of quaternary nitrogens is 3. The Hall–Kier alpha value is -0.660. The lowest BCUT2D eigenvalue weighted by Crippen LogP contribution is -3.30. The average Bonchev–Trinajstić information content (AvgIpc) is 2.64. The van der Waals surface area contributed by atoms with Crippen LogP contribution < -0.4 is 19.4 Å². The monoisotopic (exact) mass is 414 g/mol. The molecule has 2 fully saturated rings. The van der Waals surface area contributed by atoms with Crippen LogP contribution >= 0.6 is 15.9 Å². The van der Waals surface area contributed by atoms with Crippen LogP contribution in [-0.2, 0) is 6.54 Å². The fourth-order valence-electron chi connectivity index (χ4n) is 4.51. The van der Waals surface area contributed by atoms with E-state index in [0.29, 0.717) is 6.61 Å². The number of halogens is 1. The smallest absolute Gasteiger partial charge is 0.127 e. The van der Waals surface area contributed by atoms with Gasteiger partial charge in [0.2, 0.25) is 0 Å². The van der Waals surface area contributed by atoms with Crippen LogP contribution in [0.15, 0.2) is 22.7 Å². The van der Waals surface area contributed by atoms with Gasteiger partial charge in [0.25, 0.3) is 0 Å². The highest BCUT2D eigenvalue weighted by Gasteiger charge is 2.33. The van der Waals surface area contributed by atoms with Gasteiger partial charge < -0.3 is 24.5 Å². The summed E-state index contributed by atoms with van der Waals surface area (Å²) in [4.78, 5) is 5.06. The standard InChI is InChI=1S/C19H30BrN3O2/c1-25-19-3-2-17(20)14-16(19)15-22-6-4-18(5-7-22)23-10-8-21(9-11-23)12-13-24/h2-3,14,18,24H,4-13,15H2,1H3/p+3. The molecule has 4 N–H and O–H groups in total. The fraction of sp³-hybridized carbons (Fsp3) is 0.684. The van der Waals surface area contributed by atoms with Gasteiger partial charge in [-0.2, -0.15) is 0 Å². The first-order valence-electron chi connectivity index (χ1n) is 9.64. The molecule has 2 heterocycles. The number of piperidine rings is 1.